The summed E-state index contributed by atoms with van der Waals surface area (Å²) in [5.74, 6) is 0.812. The zero-order chi connectivity index (χ0) is 52.3. The second-order valence-electron chi connectivity index (χ2n) is 23.1. The maximum atomic E-state index is 13.5. The summed E-state index contributed by atoms with van der Waals surface area (Å²) in [7, 11) is 0. The molecule has 0 fully saturated rings. The second kappa shape index (κ2) is 60.7. The van der Waals surface area contributed by atoms with Crippen molar-refractivity contribution in [1.82, 2.24) is 14.7 Å². The molecule has 1 N–H and O–H groups in total. The Balaban J connectivity index is 4.49. The van der Waals surface area contributed by atoms with Crippen molar-refractivity contribution in [2.75, 3.05) is 52.4 Å². The number of carbonyl (C=O) groups excluding carboxylic acids is 2. The lowest BCUT2D eigenvalue weighted by Crippen LogP contribution is -2.32. The van der Waals surface area contributed by atoms with Gasteiger partial charge in [-0.25, -0.2) is 0 Å². The van der Waals surface area contributed by atoms with Crippen LogP contribution in [0, 0.1) is 0 Å². The van der Waals surface area contributed by atoms with E-state index in [1.807, 2.05) is 0 Å². The second-order valence-corrected chi connectivity index (χ2v) is 23.1. The molecule has 0 aliphatic heterocycles. The Bertz CT molecular complexity index is 929. The van der Waals surface area contributed by atoms with Gasteiger partial charge in [-0.15, -0.1) is 0 Å². The van der Waals surface area contributed by atoms with Gasteiger partial charge >= 0.3 is 0 Å². The van der Waals surface area contributed by atoms with Crippen molar-refractivity contribution in [2.24, 2.45) is 0 Å². The van der Waals surface area contributed by atoms with E-state index < -0.39 is 0 Å². The number of nitrogens with zero attached hydrogens (tertiary/aromatic N) is 3. The van der Waals surface area contributed by atoms with Gasteiger partial charge in [-0.1, -0.05) is 297 Å². The monoisotopic (exact) mass is 1020 g/mol. The summed E-state index contributed by atoms with van der Waals surface area (Å²) in [4.78, 5) is 33.9. The Hall–Kier alpha value is -1.14. The zero-order valence-corrected chi connectivity index (χ0v) is 50.0. The highest BCUT2D eigenvalue weighted by Gasteiger charge is 2.15. The van der Waals surface area contributed by atoms with E-state index in [2.05, 4.69) is 42.4 Å². The molecule has 0 aromatic carbocycles. The Morgan fingerprint density at radius 3 is 0.625 bits per heavy atom. The normalized spacial score (nSPS) is 11.6. The van der Waals surface area contributed by atoms with E-state index >= 15 is 0 Å². The van der Waals surface area contributed by atoms with Gasteiger partial charge in [-0.2, -0.15) is 0 Å². The highest BCUT2D eigenvalue weighted by Crippen LogP contribution is 2.18. The Morgan fingerprint density at radius 1 is 0.236 bits per heavy atom. The van der Waals surface area contributed by atoms with Gasteiger partial charge in [0.25, 0.3) is 0 Å². The molecule has 0 spiro atoms. The maximum Gasteiger partial charge on any atom is 0.222 e. The van der Waals surface area contributed by atoms with Crippen LogP contribution in [0.1, 0.15) is 362 Å². The highest BCUT2D eigenvalue weighted by atomic mass is 16.3. The molecule has 0 aromatic rings. The van der Waals surface area contributed by atoms with E-state index in [0.29, 0.717) is 11.8 Å². The molecule has 0 aliphatic carbocycles. The summed E-state index contributed by atoms with van der Waals surface area (Å²) in [6, 6.07) is 0. The third-order valence-electron chi connectivity index (χ3n) is 16.0. The van der Waals surface area contributed by atoms with E-state index in [9.17, 15) is 14.7 Å². The van der Waals surface area contributed by atoms with Crippen molar-refractivity contribution >= 4 is 11.8 Å². The Kier molecular flexibility index (Phi) is 59.8. The highest BCUT2D eigenvalue weighted by molar-refractivity contribution is 5.76. The van der Waals surface area contributed by atoms with Crippen molar-refractivity contribution in [3.05, 3.63) is 0 Å². The molecule has 0 radical (unpaired) electrons. The van der Waals surface area contributed by atoms with Crippen LogP contribution < -0.4 is 0 Å². The number of aliphatic hydroxyl groups is 1. The quantitative estimate of drug-likeness (QED) is 0.0617. The van der Waals surface area contributed by atoms with Gasteiger partial charge in [0.1, 0.15) is 0 Å². The van der Waals surface area contributed by atoms with Crippen LogP contribution in [-0.2, 0) is 9.59 Å². The van der Waals surface area contributed by atoms with Crippen LogP contribution in [0.3, 0.4) is 0 Å². The Morgan fingerprint density at radius 2 is 0.417 bits per heavy atom. The van der Waals surface area contributed by atoms with Gasteiger partial charge in [0.05, 0.1) is 6.61 Å². The largest absolute Gasteiger partial charge is 0.395 e. The van der Waals surface area contributed by atoms with Crippen LogP contribution in [0.5, 0.6) is 0 Å². The fourth-order valence-electron chi connectivity index (χ4n) is 11.0. The fraction of sp³-hybridized carbons (Fsp3) is 0.970. The van der Waals surface area contributed by atoms with Gasteiger partial charge < -0.3 is 19.8 Å². The molecule has 0 saturated heterocycles. The van der Waals surface area contributed by atoms with Crippen LogP contribution in [-0.4, -0.2) is 84.0 Å². The molecular formula is C66H133N3O3. The zero-order valence-electron chi connectivity index (χ0n) is 50.0. The van der Waals surface area contributed by atoms with Crippen LogP contribution in [0.15, 0.2) is 0 Å². The first-order chi connectivity index (χ1) is 35.5. The summed E-state index contributed by atoms with van der Waals surface area (Å²) in [5.41, 5.74) is 0. The number of rotatable bonds is 62. The third kappa shape index (κ3) is 52.3. The molecule has 430 valence electrons. The molecule has 0 unspecified atom stereocenters. The summed E-state index contributed by atoms with van der Waals surface area (Å²) < 4.78 is 0. The van der Waals surface area contributed by atoms with E-state index in [0.717, 1.165) is 84.3 Å². The molecule has 6 nitrogen and oxygen atoms in total. The molecule has 0 aromatic heterocycles. The SMILES string of the molecule is CCCCCCCCCCCCN(CCCCCCCCCCCC)C(=O)CCCCCCCN(CCO)CCCCCCCC(=O)N(CCCCCCCCCCCC)CCCCCCCCCCCC. The molecule has 0 heterocycles. The van der Waals surface area contributed by atoms with Crippen molar-refractivity contribution in [3.8, 4) is 0 Å². The lowest BCUT2D eigenvalue weighted by Gasteiger charge is -2.23. The molecule has 2 amide bonds. The number of aliphatic hydroxyl groups excluding tert-OH is 1. The van der Waals surface area contributed by atoms with Crippen LogP contribution >= 0.6 is 0 Å². The molecule has 0 bridgehead atoms. The molecule has 72 heavy (non-hydrogen) atoms. The first-order valence-electron chi connectivity index (χ1n) is 33.4. The minimum atomic E-state index is 0.230. The van der Waals surface area contributed by atoms with Crippen molar-refractivity contribution in [3.63, 3.8) is 0 Å². The van der Waals surface area contributed by atoms with Gasteiger partial charge in [0, 0.05) is 45.6 Å². The fourth-order valence-corrected chi connectivity index (χ4v) is 11.0. The van der Waals surface area contributed by atoms with Crippen molar-refractivity contribution < 1.29 is 14.7 Å². The molecule has 0 atom stereocenters. The molecule has 6 heteroatoms. The number of hydrogen-bond acceptors (Lipinski definition) is 4. The minimum Gasteiger partial charge on any atom is -0.395 e. The van der Waals surface area contributed by atoms with Crippen molar-refractivity contribution in [1.29, 1.82) is 0 Å². The summed E-state index contributed by atoms with van der Waals surface area (Å²) in [6.45, 7) is 16.2. The predicted octanol–water partition coefficient (Wildman–Crippen LogP) is 20.3. The smallest absolute Gasteiger partial charge is 0.222 e. The molecular weight excluding hydrogens is 883 g/mol. The van der Waals surface area contributed by atoms with Gasteiger partial charge in [-0.3, -0.25) is 9.59 Å². The van der Waals surface area contributed by atoms with E-state index in [4.69, 9.17) is 0 Å². The molecule has 0 rings (SSSR count). The number of carbonyl (C=O) groups is 2. The first kappa shape index (κ1) is 70.9. The number of amides is 2. The topological polar surface area (TPSA) is 64.1 Å². The van der Waals surface area contributed by atoms with Gasteiger partial charge in [-0.05, 0) is 64.5 Å². The first-order valence-corrected chi connectivity index (χ1v) is 33.4. The number of unbranched alkanes of at least 4 members (excludes halogenated alkanes) is 44. The van der Waals surface area contributed by atoms with Crippen LogP contribution in [0.25, 0.3) is 0 Å². The van der Waals surface area contributed by atoms with Crippen molar-refractivity contribution in [2.45, 2.75) is 362 Å². The molecule has 0 saturated carbocycles. The standard InChI is InChI=1S/C66H133N3O3/c1-5-9-13-17-21-25-29-33-43-51-59-68(60-52-44-34-30-26-22-18-14-10-6-2)65(71)55-47-39-37-41-49-57-67(63-64-70)58-50-42-38-40-48-56-66(72)69(61-53-45-35-31-27-23-19-15-11-7-3)62-54-46-36-32-28-24-20-16-12-8-4/h70H,5-64H2,1-4H3. The predicted molar refractivity (Wildman–Crippen MR) is 319 cm³/mol. The van der Waals surface area contributed by atoms with Crippen LogP contribution in [0.4, 0.5) is 0 Å². The van der Waals surface area contributed by atoms with Gasteiger partial charge in [0.15, 0.2) is 0 Å². The summed E-state index contributed by atoms with van der Waals surface area (Å²) in [6.07, 6.45) is 66.6. The average molecular weight is 1020 g/mol. The lowest BCUT2D eigenvalue weighted by atomic mass is 10.1. The third-order valence-corrected chi connectivity index (χ3v) is 16.0. The van der Waals surface area contributed by atoms with Crippen LogP contribution in [0.2, 0.25) is 0 Å². The van der Waals surface area contributed by atoms with E-state index in [1.54, 1.807) is 0 Å². The van der Waals surface area contributed by atoms with E-state index in [-0.39, 0.29) is 6.61 Å². The Labute approximate surface area is 453 Å². The van der Waals surface area contributed by atoms with Gasteiger partial charge in [0.2, 0.25) is 11.8 Å². The minimum absolute atomic E-state index is 0.230. The summed E-state index contributed by atoms with van der Waals surface area (Å²) in [5, 5.41) is 9.80. The summed E-state index contributed by atoms with van der Waals surface area (Å²) >= 11 is 0. The maximum absolute atomic E-state index is 13.5. The molecule has 0 aliphatic rings. The lowest BCUT2D eigenvalue weighted by molar-refractivity contribution is -0.132. The van der Waals surface area contributed by atoms with E-state index in [1.165, 1.54) is 295 Å². The number of hydrogen-bond donors (Lipinski definition) is 1. The average Bonchev–Trinajstić information content (AvgIpc) is 3.38.